The fourth-order valence-electron chi connectivity index (χ4n) is 2.11. The minimum atomic E-state index is 0.659. The minimum absolute atomic E-state index is 0.659. The molecule has 5 heteroatoms. The van der Waals surface area contributed by atoms with E-state index in [4.69, 9.17) is 4.74 Å². The molecule has 0 aliphatic carbocycles. The lowest BCUT2D eigenvalue weighted by molar-refractivity contribution is 0.415. The molecule has 0 fully saturated rings. The molecule has 2 aromatic rings. The van der Waals surface area contributed by atoms with E-state index in [-0.39, 0.29) is 0 Å². The third kappa shape index (κ3) is 4.08. The van der Waals surface area contributed by atoms with Gasteiger partial charge < -0.3 is 15.0 Å². The van der Waals surface area contributed by atoms with Crippen LogP contribution in [-0.2, 0) is 6.54 Å². The van der Waals surface area contributed by atoms with Crippen molar-refractivity contribution in [2.24, 2.45) is 0 Å². The van der Waals surface area contributed by atoms with E-state index in [0.717, 1.165) is 35.3 Å². The molecule has 2 rings (SSSR count). The molecule has 0 amide bonds. The largest absolute Gasteiger partial charge is 0.497 e. The van der Waals surface area contributed by atoms with Crippen molar-refractivity contribution in [1.82, 2.24) is 9.97 Å². The van der Waals surface area contributed by atoms with E-state index < -0.39 is 0 Å². The molecule has 1 aromatic heterocycles. The van der Waals surface area contributed by atoms with Gasteiger partial charge in [0.2, 0.25) is 0 Å². The van der Waals surface area contributed by atoms with Gasteiger partial charge in [0, 0.05) is 31.0 Å². The highest BCUT2D eigenvalue weighted by molar-refractivity contribution is 5.48. The van der Waals surface area contributed by atoms with Gasteiger partial charge in [-0.2, -0.15) is 0 Å². The van der Waals surface area contributed by atoms with E-state index in [1.807, 2.05) is 44.3 Å². The van der Waals surface area contributed by atoms with E-state index in [0.29, 0.717) is 6.54 Å². The second kappa shape index (κ2) is 6.92. The van der Waals surface area contributed by atoms with Gasteiger partial charge in [-0.15, -0.1) is 0 Å². The number of aromatic nitrogens is 2. The van der Waals surface area contributed by atoms with Crippen LogP contribution in [-0.4, -0.2) is 30.7 Å². The molecule has 5 nitrogen and oxygen atoms in total. The van der Waals surface area contributed by atoms with Gasteiger partial charge in [-0.1, -0.05) is 0 Å². The number of methoxy groups -OCH3 is 1. The number of rotatable bonds is 6. The number of hydrogen-bond acceptors (Lipinski definition) is 5. The van der Waals surface area contributed by atoms with Crippen LogP contribution in [0.1, 0.15) is 18.4 Å². The highest BCUT2D eigenvalue weighted by Gasteiger charge is 2.07. The Bertz CT molecular complexity index is 583. The molecule has 1 heterocycles. The lowest BCUT2D eigenvalue weighted by Crippen LogP contribution is -2.19. The summed E-state index contributed by atoms with van der Waals surface area (Å²) in [6.07, 6.45) is 0. The summed E-state index contributed by atoms with van der Waals surface area (Å²) in [5.74, 6) is 2.54. The Kier molecular flexibility index (Phi) is 4.98. The molecule has 0 saturated heterocycles. The van der Waals surface area contributed by atoms with Crippen LogP contribution in [0.4, 0.5) is 11.5 Å². The number of nitrogens with one attached hydrogen (secondary N) is 1. The van der Waals surface area contributed by atoms with Gasteiger partial charge in [-0.3, -0.25) is 0 Å². The molecule has 21 heavy (non-hydrogen) atoms. The highest BCUT2D eigenvalue weighted by atomic mass is 16.5. The first-order valence-corrected chi connectivity index (χ1v) is 7.06. The van der Waals surface area contributed by atoms with Gasteiger partial charge in [0.25, 0.3) is 0 Å². The average molecular weight is 286 g/mol. The van der Waals surface area contributed by atoms with Crippen LogP contribution in [0.2, 0.25) is 0 Å². The standard InChI is InChI=1S/C16H22N4O/c1-5-17-15-10-12(2)18-16(19-15)11-20(3)13-6-8-14(21-4)9-7-13/h6-10H,5,11H2,1-4H3,(H,17,18,19). The molecular weight excluding hydrogens is 264 g/mol. The van der Waals surface area contributed by atoms with Crippen molar-refractivity contribution in [3.8, 4) is 5.75 Å². The minimum Gasteiger partial charge on any atom is -0.497 e. The predicted octanol–water partition coefficient (Wildman–Crippen LogP) is 2.86. The smallest absolute Gasteiger partial charge is 0.150 e. The zero-order valence-corrected chi connectivity index (χ0v) is 13.1. The van der Waals surface area contributed by atoms with Crippen molar-refractivity contribution >= 4 is 11.5 Å². The molecule has 0 unspecified atom stereocenters. The van der Waals surface area contributed by atoms with Crippen LogP contribution in [0.5, 0.6) is 5.75 Å². The summed E-state index contributed by atoms with van der Waals surface area (Å²) in [6, 6.07) is 9.92. The molecule has 112 valence electrons. The van der Waals surface area contributed by atoms with Crippen molar-refractivity contribution in [2.45, 2.75) is 20.4 Å². The summed E-state index contributed by atoms with van der Waals surface area (Å²) in [4.78, 5) is 11.1. The van der Waals surface area contributed by atoms with E-state index in [1.54, 1.807) is 7.11 Å². The molecule has 0 spiro atoms. The maximum Gasteiger partial charge on any atom is 0.150 e. The number of hydrogen-bond donors (Lipinski definition) is 1. The fraction of sp³-hybridized carbons (Fsp3) is 0.375. The molecule has 1 aromatic carbocycles. The molecule has 0 atom stereocenters. The first-order chi connectivity index (χ1) is 10.1. The monoisotopic (exact) mass is 286 g/mol. The van der Waals surface area contributed by atoms with Crippen LogP contribution >= 0.6 is 0 Å². The summed E-state index contributed by atoms with van der Waals surface area (Å²) in [5.41, 5.74) is 2.07. The molecule has 0 aliphatic heterocycles. The predicted molar refractivity (Wildman–Crippen MR) is 86.0 cm³/mol. The van der Waals surface area contributed by atoms with Crippen molar-refractivity contribution in [3.63, 3.8) is 0 Å². The molecule has 0 radical (unpaired) electrons. The summed E-state index contributed by atoms with van der Waals surface area (Å²) in [5, 5.41) is 3.23. The Morgan fingerprint density at radius 2 is 1.90 bits per heavy atom. The lowest BCUT2D eigenvalue weighted by Gasteiger charge is -2.19. The summed E-state index contributed by atoms with van der Waals surface area (Å²) >= 11 is 0. The van der Waals surface area contributed by atoms with Crippen LogP contribution in [0.3, 0.4) is 0 Å². The van der Waals surface area contributed by atoms with Crippen molar-refractivity contribution in [1.29, 1.82) is 0 Å². The SMILES string of the molecule is CCNc1cc(C)nc(CN(C)c2ccc(OC)cc2)n1. The second-order valence-corrected chi connectivity index (χ2v) is 4.90. The quantitative estimate of drug-likeness (QED) is 0.885. The number of anilines is 2. The van der Waals surface area contributed by atoms with Crippen molar-refractivity contribution < 1.29 is 4.74 Å². The van der Waals surface area contributed by atoms with E-state index >= 15 is 0 Å². The Hall–Kier alpha value is -2.30. The summed E-state index contributed by atoms with van der Waals surface area (Å²) < 4.78 is 5.17. The van der Waals surface area contributed by atoms with Gasteiger partial charge in [-0.25, -0.2) is 9.97 Å². The van der Waals surface area contributed by atoms with Gasteiger partial charge >= 0.3 is 0 Å². The van der Waals surface area contributed by atoms with E-state index in [1.165, 1.54) is 0 Å². The Balaban J connectivity index is 2.12. The van der Waals surface area contributed by atoms with Crippen molar-refractivity contribution in [2.75, 3.05) is 30.9 Å². The van der Waals surface area contributed by atoms with Crippen molar-refractivity contribution in [3.05, 3.63) is 41.9 Å². The Morgan fingerprint density at radius 1 is 1.19 bits per heavy atom. The Morgan fingerprint density at radius 3 is 2.52 bits per heavy atom. The third-order valence-electron chi connectivity index (χ3n) is 3.15. The number of benzene rings is 1. The van der Waals surface area contributed by atoms with Gasteiger partial charge in [0.05, 0.1) is 13.7 Å². The zero-order chi connectivity index (χ0) is 15.2. The fourth-order valence-corrected chi connectivity index (χ4v) is 2.11. The second-order valence-electron chi connectivity index (χ2n) is 4.90. The van der Waals surface area contributed by atoms with Crippen LogP contribution in [0.15, 0.2) is 30.3 Å². The zero-order valence-electron chi connectivity index (χ0n) is 13.1. The summed E-state index contributed by atoms with van der Waals surface area (Å²) in [6.45, 7) is 5.55. The summed E-state index contributed by atoms with van der Waals surface area (Å²) in [7, 11) is 3.70. The molecule has 0 saturated carbocycles. The van der Waals surface area contributed by atoms with Crippen LogP contribution in [0, 0.1) is 6.92 Å². The van der Waals surface area contributed by atoms with Crippen LogP contribution < -0.4 is 15.0 Å². The number of aryl methyl sites for hydroxylation is 1. The Labute approximate surface area is 126 Å². The van der Waals surface area contributed by atoms with Gasteiger partial charge in [0.1, 0.15) is 17.4 Å². The van der Waals surface area contributed by atoms with E-state index in [2.05, 4.69) is 27.1 Å². The number of ether oxygens (including phenoxy) is 1. The maximum atomic E-state index is 5.17. The first kappa shape index (κ1) is 15.1. The molecular formula is C16H22N4O. The normalized spacial score (nSPS) is 10.3. The van der Waals surface area contributed by atoms with Gasteiger partial charge in [0.15, 0.2) is 0 Å². The van der Waals surface area contributed by atoms with Gasteiger partial charge in [-0.05, 0) is 38.1 Å². The lowest BCUT2D eigenvalue weighted by atomic mass is 10.3. The maximum absolute atomic E-state index is 5.17. The third-order valence-corrected chi connectivity index (χ3v) is 3.15. The number of nitrogens with zero attached hydrogens (tertiary/aromatic N) is 3. The highest BCUT2D eigenvalue weighted by Crippen LogP contribution is 2.19. The average Bonchev–Trinajstić information content (AvgIpc) is 2.47. The first-order valence-electron chi connectivity index (χ1n) is 7.06. The topological polar surface area (TPSA) is 50.3 Å². The van der Waals surface area contributed by atoms with E-state index in [9.17, 15) is 0 Å². The molecule has 0 aliphatic rings. The molecule has 0 bridgehead atoms. The van der Waals surface area contributed by atoms with Crippen LogP contribution in [0.25, 0.3) is 0 Å². The molecule has 1 N–H and O–H groups in total.